The molecule has 12 N–H and O–H groups in total. The highest BCUT2D eigenvalue weighted by atomic mass is 32.2. The Labute approximate surface area is 526 Å². The predicted octanol–water partition coefficient (Wildman–Crippen LogP) is 5.57. The van der Waals surface area contributed by atoms with Gasteiger partial charge in [0.1, 0.15) is 42.0 Å². The Kier molecular flexibility index (Phi) is 26.9. The maximum atomic E-state index is 14.6. The van der Waals surface area contributed by atoms with Crippen LogP contribution in [0.15, 0.2) is 103 Å². The molecule has 0 saturated carbocycles. The number of phenols is 1. The quantitative estimate of drug-likeness (QED) is 0.0287. The number of aromatic hydroxyl groups is 1. The summed E-state index contributed by atoms with van der Waals surface area (Å²) in [5.41, 5.74) is 4.89. The van der Waals surface area contributed by atoms with Crippen molar-refractivity contribution >= 4 is 75.9 Å². The minimum Gasteiger partial charge on any atom is -0.508 e. The number of hydrogen-bond donors (Lipinski definition) is 11. The lowest BCUT2D eigenvalue weighted by Gasteiger charge is -2.31. The summed E-state index contributed by atoms with van der Waals surface area (Å²) < 4.78 is 114. The van der Waals surface area contributed by atoms with Gasteiger partial charge in [0.2, 0.25) is 47.3 Å². The summed E-state index contributed by atoms with van der Waals surface area (Å²) in [6.07, 6.45) is -11.5. The fourth-order valence-corrected chi connectivity index (χ4v) is 10.1. The van der Waals surface area contributed by atoms with Crippen molar-refractivity contribution in [2.75, 3.05) is 25.1 Å². The molecule has 1 aromatic heterocycles. The number of hydrogen-bond acceptors (Lipinski definition) is 12. The molecule has 8 amide bonds. The van der Waals surface area contributed by atoms with Crippen LogP contribution in [0.25, 0.3) is 10.9 Å². The van der Waals surface area contributed by atoms with E-state index in [2.05, 4.69) is 42.2 Å². The van der Waals surface area contributed by atoms with Gasteiger partial charge in [0, 0.05) is 43.0 Å². The molecule has 5 aromatic rings. The minimum atomic E-state index is -5.15. The molecular weight excluding hydrogens is 1250 g/mol. The van der Waals surface area contributed by atoms with Gasteiger partial charge < -0.3 is 63.0 Å². The van der Waals surface area contributed by atoms with Gasteiger partial charge in [-0.25, -0.2) is 4.79 Å². The minimum absolute atomic E-state index is 0.0159. The number of aromatic nitrogens is 1. The number of para-hydroxylation sites is 1. The lowest BCUT2D eigenvalue weighted by molar-refractivity contribution is -0.192. The van der Waals surface area contributed by atoms with Crippen LogP contribution in [0.3, 0.4) is 0 Å². The number of thioether (sulfide) groups is 1. The Bertz CT molecular complexity index is 3340. The SMILES string of the molecule is CSCC[C@H](NC(=O)[C@H](Cc1ccccc1)NC(=O)CNC(=O)[C@@H](C)NC(=O)[C@@H](N)Cc1ccc(O)cc1)C(=O)N1CCC[C@H]1C(=O)N[C@@H](CC(C)C)C(=O)N[C@@H](Cc1c[nH]c2ccccc12)C(=O)NCc1cc(C(F)(F)F)cc(C(F)(F)F)c1.O=C(O)C(F)(F)F. The molecule has 4 aromatic carbocycles. The maximum Gasteiger partial charge on any atom is 0.490 e. The van der Waals surface area contributed by atoms with Gasteiger partial charge in [0.05, 0.1) is 23.7 Å². The Balaban J connectivity index is 0.00000207. The number of H-pyrrole nitrogens is 1. The molecule has 31 heteroatoms. The highest BCUT2D eigenvalue weighted by molar-refractivity contribution is 7.98. The van der Waals surface area contributed by atoms with Crippen molar-refractivity contribution in [3.05, 3.63) is 137 Å². The fraction of sp³-hybridized carbons (Fsp3) is 0.426. The molecule has 0 spiro atoms. The van der Waals surface area contributed by atoms with Gasteiger partial charge in [-0.3, -0.25) is 38.4 Å². The average Bonchev–Trinajstić information content (AvgIpc) is 1.55. The number of fused-ring (bicyclic) bond motifs is 1. The second-order valence-electron chi connectivity index (χ2n) is 22.0. The number of phenolic OH excluding ortho intramolecular Hbond substituents is 1. The van der Waals surface area contributed by atoms with Crippen molar-refractivity contribution in [2.24, 2.45) is 11.7 Å². The van der Waals surface area contributed by atoms with Crippen molar-refractivity contribution in [3.8, 4) is 5.75 Å². The number of carboxylic acid groups (broad SMARTS) is 1. The van der Waals surface area contributed by atoms with Crippen molar-refractivity contribution in [2.45, 2.75) is 133 Å². The molecule has 1 aliphatic rings. The van der Waals surface area contributed by atoms with Gasteiger partial charge in [-0.15, -0.1) is 0 Å². The Morgan fingerprint density at radius 2 is 1.23 bits per heavy atom. The number of aromatic amines is 1. The first kappa shape index (κ1) is 73.9. The number of likely N-dealkylation sites (tertiary alicyclic amines) is 1. The van der Waals surface area contributed by atoms with E-state index in [4.69, 9.17) is 15.6 Å². The average molecular weight is 1320 g/mol. The van der Waals surface area contributed by atoms with Crippen LogP contribution in [0.4, 0.5) is 39.5 Å². The van der Waals surface area contributed by atoms with Crippen LogP contribution in [0, 0.1) is 5.92 Å². The fourth-order valence-electron chi connectivity index (χ4n) is 9.66. The van der Waals surface area contributed by atoms with Crippen LogP contribution in [-0.2, 0) is 81.3 Å². The highest BCUT2D eigenvalue weighted by Gasteiger charge is 2.42. The van der Waals surface area contributed by atoms with Crippen LogP contribution in [-0.4, -0.2) is 147 Å². The number of aliphatic carboxylic acids is 1. The predicted molar refractivity (Wildman–Crippen MR) is 319 cm³/mol. The third-order valence-corrected chi connectivity index (χ3v) is 15.0. The zero-order valence-corrected chi connectivity index (χ0v) is 50.9. The van der Waals surface area contributed by atoms with Crippen molar-refractivity contribution < 1.29 is 92.9 Å². The number of nitrogens with two attached hydrogens (primary N) is 1. The van der Waals surface area contributed by atoms with Crippen LogP contribution in [0.1, 0.15) is 79.8 Å². The van der Waals surface area contributed by atoms with E-state index in [1.54, 1.807) is 93.0 Å². The molecule has 1 saturated heterocycles. The molecule has 0 bridgehead atoms. The van der Waals surface area contributed by atoms with E-state index in [1.807, 2.05) is 0 Å². The number of alkyl halides is 9. The molecule has 6 rings (SSSR count). The molecule has 2 heterocycles. The first-order chi connectivity index (χ1) is 43.1. The third-order valence-electron chi connectivity index (χ3n) is 14.3. The second kappa shape index (κ2) is 33.4. The van der Waals surface area contributed by atoms with Gasteiger partial charge in [0.25, 0.3) is 0 Å². The molecule has 1 aliphatic heterocycles. The topological polar surface area (TPSA) is 323 Å². The number of carbonyl (C=O) groups excluding carboxylic acids is 8. The number of benzene rings is 4. The van der Waals surface area contributed by atoms with Crippen molar-refractivity contribution in [1.29, 1.82) is 0 Å². The summed E-state index contributed by atoms with van der Waals surface area (Å²) in [4.78, 5) is 124. The number of amides is 8. The summed E-state index contributed by atoms with van der Waals surface area (Å²) >= 11 is 1.38. The Morgan fingerprint density at radius 1 is 0.652 bits per heavy atom. The zero-order chi connectivity index (χ0) is 68.3. The smallest absolute Gasteiger partial charge is 0.490 e. The first-order valence-electron chi connectivity index (χ1n) is 28.7. The number of carboxylic acids is 1. The van der Waals surface area contributed by atoms with E-state index < -0.39 is 144 Å². The standard InChI is InChI=1S/C59H70F6N10O9S.C2HF3O2/c1-33(2)23-46(54(81)73-48(28-38-31-67-44-14-9-8-13-42(38)44)53(80)68-30-37-24-39(58(60,61)62)29-40(25-37)59(63,64)65)74-56(83)49-15-10-21-75(49)57(84)45(20-22-85-4)72-55(82)47(27-35-11-6-5-7-12-35)71-50(77)32-69-51(78)34(3)70-52(79)43(66)26-36-16-18-41(76)19-17-36;3-2(4,5)1(6)7/h5-9,11-14,16-19,24-25,29,31,33-34,43,45-49,67,76H,10,15,20-23,26-28,30,32,66H2,1-4H3,(H,68,80)(H,69,78)(H,70,79)(H,71,77)(H,72,82)(H,73,81)(H,74,83);(H,6,7)/t34-,43+,45+,46+,47+,48+,49+;/m1./s1. The summed E-state index contributed by atoms with van der Waals surface area (Å²) in [6, 6.07) is 14.0. The third kappa shape index (κ3) is 22.8. The van der Waals surface area contributed by atoms with Crippen LogP contribution < -0.4 is 43.0 Å². The van der Waals surface area contributed by atoms with Crippen LogP contribution in [0.2, 0.25) is 0 Å². The van der Waals surface area contributed by atoms with Crippen LogP contribution >= 0.6 is 11.8 Å². The van der Waals surface area contributed by atoms with Gasteiger partial charge >= 0.3 is 24.5 Å². The van der Waals surface area contributed by atoms with Gasteiger partial charge in [-0.2, -0.15) is 51.3 Å². The summed E-state index contributed by atoms with van der Waals surface area (Å²) in [5, 5.41) is 35.5. The molecule has 0 unspecified atom stereocenters. The molecule has 7 atom stereocenters. The van der Waals surface area contributed by atoms with Gasteiger partial charge in [-0.05, 0) is 116 Å². The van der Waals surface area contributed by atoms with Crippen molar-refractivity contribution in [1.82, 2.24) is 47.1 Å². The van der Waals surface area contributed by atoms with Gasteiger partial charge in [0.15, 0.2) is 0 Å². The van der Waals surface area contributed by atoms with Crippen molar-refractivity contribution in [3.63, 3.8) is 0 Å². The monoisotopic (exact) mass is 1320 g/mol. The number of nitrogens with zero attached hydrogens (tertiary/aromatic N) is 1. The molecule has 21 nitrogen and oxygen atoms in total. The summed E-state index contributed by atoms with van der Waals surface area (Å²) in [5.74, 6) is -8.67. The summed E-state index contributed by atoms with van der Waals surface area (Å²) in [7, 11) is 0. The lowest BCUT2D eigenvalue weighted by Crippen LogP contribution is -2.59. The van der Waals surface area contributed by atoms with E-state index in [-0.39, 0.29) is 62.8 Å². The molecular formula is C61H71F9N10O11S. The Hall–Kier alpha value is -8.87. The van der Waals surface area contributed by atoms with E-state index in [0.29, 0.717) is 51.9 Å². The molecule has 0 aliphatic carbocycles. The van der Waals surface area contributed by atoms with Gasteiger partial charge in [-0.1, -0.05) is 74.5 Å². The van der Waals surface area contributed by atoms with E-state index >= 15 is 0 Å². The normalized spacial score (nSPS) is 15.3. The maximum absolute atomic E-state index is 14.6. The number of carbonyl (C=O) groups is 9. The Morgan fingerprint density at radius 3 is 1.83 bits per heavy atom. The highest BCUT2D eigenvalue weighted by Crippen LogP contribution is 2.36. The number of nitrogens with one attached hydrogen (secondary N) is 8. The molecule has 0 radical (unpaired) electrons. The zero-order valence-electron chi connectivity index (χ0n) is 50.1. The van der Waals surface area contributed by atoms with E-state index in [0.717, 1.165) is 0 Å². The lowest BCUT2D eigenvalue weighted by atomic mass is 10.00. The molecule has 1 fully saturated rings. The van der Waals surface area contributed by atoms with E-state index in [1.165, 1.54) is 35.7 Å². The first-order valence-corrected chi connectivity index (χ1v) is 30.1. The molecule has 500 valence electrons. The summed E-state index contributed by atoms with van der Waals surface area (Å²) in [6.45, 7) is 3.62. The molecule has 92 heavy (non-hydrogen) atoms. The van der Waals surface area contributed by atoms with E-state index in [9.17, 15) is 83.0 Å². The van der Waals surface area contributed by atoms with Crippen LogP contribution in [0.5, 0.6) is 5.75 Å². The largest absolute Gasteiger partial charge is 0.508 e. The number of rotatable bonds is 27. The second-order valence-corrected chi connectivity index (χ2v) is 23.0. The number of halogens is 9.